The molecule has 6 nitrogen and oxygen atoms in total. The van der Waals surface area contributed by atoms with Crippen molar-refractivity contribution in [2.24, 2.45) is 0 Å². The minimum atomic E-state index is -0.667. The van der Waals surface area contributed by atoms with Crippen molar-refractivity contribution >= 4 is 28.6 Å². The van der Waals surface area contributed by atoms with E-state index in [1.807, 2.05) is 6.07 Å². The third-order valence-corrected chi connectivity index (χ3v) is 3.41. The highest BCUT2D eigenvalue weighted by Gasteiger charge is 2.28. The Hall–Kier alpha value is -2.76. The lowest BCUT2D eigenvalue weighted by atomic mass is 10.0. The summed E-state index contributed by atoms with van der Waals surface area (Å²) in [6.45, 7) is 0. The summed E-state index contributed by atoms with van der Waals surface area (Å²) in [6, 6.07) is 8.14. The zero-order chi connectivity index (χ0) is 14.8. The summed E-state index contributed by atoms with van der Waals surface area (Å²) in [5, 5.41) is 5.71. The number of carbonyl (C=O) groups is 3. The Labute approximate surface area is 120 Å². The molecule has 0 spiro atoms. The van der Waals surface area contributed by atoms with Gasteiger partial charge in [-0.3, -0.25) is 24.7 Å². The molecule has 1 atom stereocenters. The number of rotatable bonds is 2. The fourth-order valence-corrected chi connectivity index (χ4v) is 2.29. The molecule has 1 fully saturated rings. The topological polar surface area (TPSA) is 88.2 Å². The second kappa shape index (κ2) is 5.32. The Kier molecular flexibility index (Phi) is 3.35. The summed E-state index contributed by atoms with van der Waals surface area (Å²) in [7, 11) is 0. The van der Waals surface area contributed by atoms with E-state index in [2.05, 4.69) is 15.6 Å². The monoisotopic (exact) mass is 283 g/mol. The number of fused-ring (bicyclic) bond motifs is 1. The predicted molar refractivity (Wildman–Crippen MR) is 75.4 cm³/mol. The maximum Gasteiger partial charge on any atom is 0.251 e. The van der Waals surface area contributed by atoms with E-state index >= 15 is 0 Å². The van der Waals surface area contributed by atoms with Gasteiger partial charge in [0.2, 0.25) is 11.8 Å². The van der Waals surface area contributed by atoms with E-state index in [-0.39, 0.29) is 18.2 Å². The first-order valence-corrected chi connectivity index (χ1v) is 6.63. The number of pyridine rings is 1. The smallest absolute Gasteiger partial charge is 0.251 e. The highest BCUT2D eigenvalue weighted by molar-refractivity contribution is 6.04. The largest absolute Gasteiger partial charge is 0.340 e. The highest BCUT2D eigenvalue weighted by Crippen LogP contribution is 2.14. The molecule has 1 aliphatic rings. The number of aromatic nitrogens is 1. The van der Waals surface area contributed by atoms with Crippen LogP contribution in [0.3, 0.4) is 0 Å². The van der Waals surface area contributed by atoms with Gasteiger partial charge >= 0.3 is 0 Å². The van der Waals surface area contributed by atoms with Crippen LogP contribution < -0.4 is 10.6 Å². The molecule has 0 aliphatic carbocycles. The standard InChI is InChI=1S/C15H13N3O3/c19-13-6-5-12(15(21)18-13)17-14(20)10-3-4-11-9(8-10)2-1-7-16-11/h1-4,7-8,12H,5-6H2,(H,17,20)(H,18,19,21). The van der Waals surface area contributed by atoms with Crippen LogP contribution in [-0.4, -0.2) is 28.7 Å². The molecule has 3 rings (SSSR count). The van der Waals surface area contributed by atoms with E-state index in [9.17, 15) is 14.4 Å². The first-order chi connectivity index (χ1) is 10.1. The molecule has 2 heterocycles. The van der Waals surface area contributed by atoms with Gasteiger partial charge in [0.25, 0.3) is 5.91 Å². The van der Waals surface area contributed by atoms with Gasteiger partial charge in [-0.25, -0.2) is 0 Å². The second-order valence-corrected chi connectivity index (χ2v) is 4.89. The lowest BCUT2D eigenvalue weighted by molar-refractivity contribution is -0.134. The van der Waals surface area contributed by atoms with Crippen molar-refractivity contribution in [3.05, 3.63) is 42.1 Å². The third kappa shape index (κ3) is 2.74. The van der Waals surface area contributed by atoms with Crippen LogP contribution in [0.15, 0.2) is 36.5 Å². The molecule has 2 aromatic rings. The normalized spacial score (nSPS) is 18.4. The molecule has 1 unspecified atom stereocenters. The van der Waals surface area contributed by atoms with Crippen LogP contribution in [0.4, 0.5) is 0 Å². The van der Waals surface area contributed by atoms with Gasteiger partial charge in [0.05, 0.1) is 5.52 Å². The number of piperidine rings is 1. The second-order valence-electron chi connectivity index (χ2n) is 4.89. The number of nitrogens with one attached hydrogen (secondary N) is 2. The molecule has 0 radical (unpaired) electrons. The van der Waals surface area contributed by atoms with E-state index in [1.165, 1.54) is 0 Å². The minimum Gasteiger partial charge on any atom is -0.340 e. The molecule has 1 aliphatic heterocycles. The Morgan fingerprint density at radius 1 is 1.29 bits per heavy atom. The average molecular weight is 283 g/mol. The molecule has 2 N–H and O–H groups in total. The van der Waals surface area contributed by atoms with Crippen molar-refractivity contribution < 1.29 is 14.4 Å². The lowest BCUT2D eigenvalue weighted by Crippen LogP contribution is -2.52. The van der Waals surface area contributed by atoms with Crippen LogP contribution in [0.25, 0.3) is 10.9 Å². The van der Waals surface area contributed by atoms with Gasteiger partial charge < -0.3 is 5.32 Å². The Bertz CT molecular complexity index is 742. The van der Waals surface area contributed by atoms with Crippen LogP contribution >= 0.6 is 0 Å². The van der Waals surface area contributed by atoms with Crippen molar-refractivity contribution in [2.75, 3.05) is 0 Å². The number of hydrogen-bond donors (Lipinski definition) is 2. The van der Waals surface area contributed by atoms with Gasteiger partial charge in [0.15, 0.2) is 0 Å². The molecular formula is C15H13N3O3. The maximum absolute atomic E-state index is 12.2. The summed E-state index contributed by atoms with van der Waals surface area (Å²) in [6.07, 6.45) is 2.25. The zero-order valence-corrected chi connectivity index (χ0v) is 11.1. The molecule has 3 amide bonds. The van der Waals surface area contributed by atoms with E-state index in [0.29, 0.717) is 12.0 Å². The van der Waals surface area contributed by atoms with Gasteiger partial charge in [0, 0.05) is 23.6 Å². The van der Waals surface area contributed by atoms with Crippen LogP contribution in [0, 0.1) is 0 Å². The van der Waals surface area contributed by atoms with Gasteiger partial charge in [-0.05, 0) is 30.7 Å². The summed E-state index contributed by atoms with van der Waals surface area (Å²) >= 11 is 0. The van der Waals surface area contributed by atoms with Crippen molar-refractivity contribution in [3.63, 3.8) is 0 Å². The fraction of sp³-hybridized carbons (Fsp3) is 0.200. The molecule has 1 saturated heterocycles. The Morgan fingerprint density at radius 2 is 2.14 bits per heavy atom. The van der Waals surface area contributed by atoms with Crippen LogP contribution in [0.2, 0.25) is 0 Å². The van der Waals surface area contributed by atoms with Crippen molar-refractivity contribution in [2.45, 2.75) is 18.9 Å². The molecule has 21 heavy (non-hydrogen) atoms. The Balaban J connectivity index is 1.77. The molecule has 0 saturated carbocycles. The number of carbonyl (C=O) groups excluding carboxylic acids is 3. The number of nitrogens with zero attached hydrogens (tertiary/aromatic N) is 1. The average Bonchev–Trinajstić information content (AvgIpc) is 2.49. The Morgan fingerprint density at radius 3 is 2.95 bits per heavy atom. The maximum atomic E-state index is 12.2. The number of imide groups is 1. The van der Waals surface area contributed by atoms with Gasteiger partial charge in [-0.2, -0.15) is 0 Å². The van der Waals surface area contributed by atoms with Crippen LogP contribution in [-0.2, 0) is 9.59 Å². The summed E-state index contributed by atoms with van der Waals surface area (Å²) in [4.78, 5) is 39.1. The zero-order valence-electron chi connectivity index (χ0n) is 11.1. The number of amides is 3. The number of benzene rings is 1. The molecule has 1 aromatic carbocycles. The molecule has 106 valence electrons. The van der Waals surface area contributed by atoms with Crippen molar-refractivity contribution in [1.29, 1.82) is 0 Å². The highest BCUT2D eigenvalue weighted by atomic mass is 16.2. The van der Waals surface area contributed by atoms with Gasteiger partial charge in [-0.15, -0.1) is 0 Å². The quantitative estimate of drug-likeness (QED) is 0.797. The SMILES string of the molecule is O=C1CCC(NC(=O)c2ccc3ncccc3c2)C(=O)N1. The molecule has 0 bridgehead atoms. The third-order valence-electron chi connectivity index (χ3n) is 3.41. The first kappa shape index (κ1) is 13.2. The molecular weight excluding hydrogens is 270 g/mol. The first-order valence-electron chi connectivity index (χ1n) is 6.63. The van der Waals surface area contributed by atoms with E-state index < -0.39 is 11.9 Å². The summed E-state index contributed by atoms with van der Waals surface area (Å²) < 4.78 is 0. The number of hydrogen-bond acceptors (Lipinski definition) is 4. The lowest BCUT2D eigenvalue weighted by Gasteiger charge is -2.21. The van der Waals surface area contributed by atoms with Crippen molar-refractivity contribution in [1.82, 2.24) is 15.6 Å². The van der Waals surface area contributed by atoms with Crippen LogP contribution in [0.5, 0.6) is 0 Å². The molecule has 6 heteroatoms. The van der Waals surface area contributed by atoms with Crippen LogP contribution in [0.1, 0.15) is 23.2 Å². The predicted octanol–water partition coefficient (Wildman–Crippen LogP) is 0.770. The summed E-state index contributed by atoms with van der Waals surface area (Å²) in [5.41, 5.74) is 1.26. The van der Waals surface area contributed by atoms with Gasteiger partial charge in [0.1, 0.15) is 6.04 Å². The van der Waals surface area contributed by atoms with E-state index in [4.69, 9.17) is 0 Å². The molecule has 1 aromatic heterocycles. The summed E-state index contributed by atoms with van der Waals surface area (Å²) in [5.74, 6) is -1.10. The van der Waals surface area contributed by atoms with E-state index in [1.54, 1.807) is 30.5 Å². The van der Waals surface area contributed by atoms with Crippen molar-refractivity contribution in [3.8, 4) is 0 Å². The minimum absolute atomic E-state index is 0.234. The fourth-order valence-electron chi connectivity index (χ4n) is 2.29. The van der Waals surface area contributed by atoms with E-state index in [0.717, 1.165) is 10.9 Å². The van der Waals surface area contributed by atoms with Gasteiger partial charge in [-0.1, -0.05) is 6.07 Å².